The molecule has 0 aliphatic rings. The van der Waals surface area contributed by atoms with Gasteiger partial charge in [-0.2, -0.15) is 0 Å². The Bertz CT molecular complexity index is 611. The standard InChI is InChI=1S/C16H16BrNO2/c1-19-15-8-7-13(11-16(15)20-2)18-14-6-4-3-5-12(14)9-10-17/h3-11,18H,1-2H3/b10-9-. The van der Waals surface area contributed by atoms with Crippen LogP contribution in [0.15, 0.2) is 47.4 Å². The summed E-state index contributed by atoms with van der Waals surface area (Å²) in [5.74, 6) is 1.41. The molecular weight excluding hydrogens is 318 g/mol. The van der Waals surface area contributed by atoms with Gasteiger partial charge in [-0.15, -0.1) is 0 Å². The maximum Gasteiger partial charge on any atom is 0.162 e. The Balaban J connectivity index is 2.30. The summed E-state index contributed by atoms with van der Waals surface area (Å²) in [7, 11) is 3.25. The zero-order valence-electron chi connectivity index (χ0n) is 11.4. The lowest BCUT2D eigenvalue weighted by Gasteiger charge is -2.12. The summed E-state index contributed by atoms with van der Waals surface area (Å²) in [6, 6.07) is 13.8. The maximum absolute atomic E-state index is 5.31. The third-order valence-electron chi connectivity index (χ3n) is 2.87. The fourth-order valence-electron chi connectivity index (χ4n) is 1.89. The Kier molecular flexibility index (Phi) is 5.07. The maximum atomic E-state index is 5.31. The lowest BCUT2D eigenvalue weighted by Crippen LogP contribution is -1.95. The number of para-hydroxylation sites is 1. The highest BCUT2D eigenvalue weighted by atomic mass is 79.9. The van der Waals surface area contributed by atoms with Crippen molar-refractivity contribution < 1.29 is 9.47 Å². The monoisotopic (exact) mass is 333 g/mol. The Morgan fingerprint density at radius 1 is 1.00 bits per heavy atom. The number of hydrogen-bond donors (Lipinski definition) is 1. The SMILES string of the molecule is COc1ccc(Nc2ccccc2/C=C\Br)cc1OC. The molecule has 20 heavy (non-hydrogen) atoms. The van der Waals surface area contributed by atoms with Crippen LogP contribution in [-0.2, 0) is 0 Å². The van der Waals surface area contributed by atoms with E-state index < -0.39 is 0 Å². The van der Waals surface area contributed by atoms with Gasteiger partial charge in [-0.3, -0.25) is 0 Å². The second-order valence-electron chi connectivity index (χ2n) is 4.07. The molecule has 0 radical (unpaired) electrons. The number of methoxy groups -OCH3 is 2. The largest absolute Gasteiger partial charge is 0.493 e. The number of ether oxygens (including phenoxy) is 2. The highest BCUT2D eigenvalue weighted by molar-refractivity contribution is 9.11. The summed E-state index contributed by atoms with van der Waals surface area (Å²) >= 11 is 3.30. The van der Waals surface area contributed by atoms with Crippen molar-refractivity contribution in [3.8, 4) is 11.5 Å². The zero-order valence-corrected chi connectivity index (χ0v) is 13.0. The van der Waals surface area contributed by atoms with E-state index in [2.05, 4.69) is 21.2 Å². The van der Waals surface area contributed by atoms with Gasteiger partial charge in [0.25, 0.3) is 0 Å². The predicted octanol–water partition coefficient (Wildman–Crippen LogP) is 4.81. The molecule has 0 fully saturated rings. The highest BCUT2D eigenvalue weighted by Crippen LogP contribution is 2.31. The van der Waals surface area contributed by atoms with E-state index >= 15 is 0 Å². The first-order valence-corrected chi connectivity index (χ1v) is 7.05. The van der Waals surface area contributed by atoms with Crippen molar-refractivity contribution in [2.75, 3.05) is 19.5 Å². The van der Waals surface area contributed by atoms with Gasteiger partial charge in [-0.25, -0.2) is 0 Å². The molecule has 2 rings (SSSR count). The molecule has 0 saturated heterocycles. The third-order valence-corrected chi connectivity index (χ3v) is 3.13. The van der Waals surface area contributed by atoms with Crippen LogP contribution in [0, 0.1) is 0 Å². The van der Waals surface area contributed by atoms with Gasteiger partial charge in [0.05, 0.1) is 14.2 Å². The number of nitrogens with one attached hydrogen (secondary N) is 1. The van der Waals surface area contributed by atoms with E-state index in [1.54, 1.807) is 14.2 Å². The Morgan fingerprint density at radius 2 is 1.75 bits per heavy atom. The summed E-state index contributed by atoms with van der Waals surface area (Å²) < 4.78 is 10.5. The van der Waals surface area contributed by atoms with Crippen molar-refractivity contribution in [2.45, 2.75) is 0 Å². The summed E-state index contributed by atoms with van der Waals surface area (Å²) in [6.07, 6.45) is 1.99. The second-order valence-corrected chi connectivity index (χ2v) is 4.60. The fourth-order valence-corrected chi connectivity index (χ4v) is 2.18. The molecular formula is C16H16BrNO2. The van der Waals surface area contributed by atoms with Gasteiger partial charge in [0.1, 0.15) is 0 Å². The van der Waals surface area contributed by atoms with Crippen molar-refractivity contribution in [1.82, 2.24) is 0 Å². The van der Waals surface area contributed by atoms with Crippen LogP contribution in [0.2, 0.25) is 0 Å². The first-order valence-electron chi connectivity index (χ1n) is 6.13. The zero-order chi connectivity index (χ0) is 14.4. The van der Waals surface area contributed by atoms with E-state index in [0.717, 1.165) is 16.9 Å². The lowest BCUT2D eigenvalue weighted by atomic mass is 10.1. The van der Waals surface area contributed by atoms with Crippen LogP contribution in [0.4, 0.5) is 11.4 Å². The van der Waals surface area contributed by atoms with Gasteiger partial charge < -0.3 is 14.8 Å². The summed E-state index contributed by atoms with van der Waals surface area (Å²) in [5.41, 5.74) is 3.06. The molecule has 0 aliphatic carbocycles. The number of hydrogen-bond acceptors (Lipinski definition) is 3. The Morgan fingerprint density at radius 3 is 2.45 bits per heavy atom. The van der Waals surface area contributed by atoms with E-state index in [-0.39, 0.29) is 0 Å². The summed E-state index contributed by atoms with van der Waals surface area (Å²) in [6.45, 7) is 0. The quantitative estimate of drug-likeness (QED) is 0.851. The molecule has 3 nitrogen and oxygen atoms in total. The summed E-state index contributed by atoms with van der Waals surface area (Å²) in [4.78, 5) is 1.84. The lowest BCUT2D eigenvalue weighted by molar-refractivity contribution is 0.355. The minimum absolute atomic E-state index is 0.700. The molecule has 0 aliphatic heterocycles. The van der Waals surface area contributed by atoms with Crippen LogP contribution in [0.5, 0.6) is 11.5 Å². The molecule has 0 heterocycles. The van der Waals surface area contributed by atoms with Gasteiger partial charge in [0, 0.05) is 17.4 Å². The van der Waals surface area contributed by atoms with Gasteiger partial charge in [0.2, 0.25) is 0 Å². The molecule has 0 spiro atoms. The molecule has 2 aromatic carbocycles. The molecule has 104 valence electrons. The van der Waals surface area contributed by atoms with Gasteiger partial charge in [-0.1, -0.05) is 34.1 Å². The molecule has 0 amide bonds. The van der Waals surface area contributed by atoms with Crippen LogP contribution >= 0.6 is 15.9 Å². The van der Waals surface area contributed by atoms with Crippen LogP contribution in [0.1, 0.15) is 5.56 Å². The van der Waals surface area contributed by atoms with Crippen molar-refractivity contribution in [3.05, 3.63) is 53.0 Å². The van der Waals surface area contributed by atoms with Crippen molar-refractivity contribution in [2.24, 2.45) is 0 Å². The van der Waals surface area contributed by atoms with Crippen molar-refractivity contribution in [1.29, 1.82) is 0 Å². The first-order chi connectivity index (χ1) is 9.78. The average Bonchev–Trinajstić information content (AvgIpc) is 2.49. The van der Waals surface area contributed by atoms with Crippen LogP contribution in [0.25, 0.3) is 6.08 Å². The molecule has 2 aromatic rings. The number of anilines is 2. The van der Waals surface area contributed by atoms with Crippen molar-refractivity contribution in [3.63, 3.8) is 0 Å². The molecule has 0 saturated carbocycles. The minimum atomic E-state index is 0.700. The summed E-state index contributed by atoms with van der Waals surface area (Å²) in [5, 5.41) is 3.38. The molecule has 4 heteroatoms. The van der Waals surface area contributed by atoms with Crippen LogP contribution in [0.3, 0.4) is 0 Å². The topological polar surface area (TPSA) is 30.5 Å². The third kappa shape index (κ3) is 3.33. The highest BCUT2D eigenvalue weighted by Gasteiger charge is 2.05. The molecule has 1 N–H and O–H groups in total. The average molecular weight is 334 g/mol. The molecule has 0 aromatic heterocycles. The van der Waals surface area contributed by atoms with Crippen LogP contribution in [-0.4, -0.2) is 14.2 Å². The number of benzene rings is 2. The number of rotatable bonds is 5. The Hall–Kier alpha value is -1.94. The van der Waals surface area contributed by atoms with Gasteiger partial charge in [0.15, 0.2) is 11.5 Å². The van der Waals surface area contributed by atoms with Gasteiger partial charge >= 0.3 is 0 Å². The smallest absolute Gasteiger partial charge is 0.162 e. The first kappa shape index (κ1) is 14.5. The normalized spacial score (nSPS) is 10.6. The van der Waals surface area contributed by atoms with Gasteiger partial charge in [-0.05, 0) is 34.8 Å². The minimum Gasteiger partial charge on any atom is -0.493 e. The van der Waals surface area contributed by atoms with Crippen molar-refractivity contribution >= 4 is 33.4 Å². The predicted molar refractivity (Wildman–Crippen MR) is 87.2 cm³/mol. The number of halogens is 1. The van der Waals surface area contributed by atoms with Crippen LogP contribution < -0.4 is 14.8 Å². The van der Waals surface area contributed by atoms with E-state index in [1.807, 2.05) is 53.5 Å². The second kappa shape index (κ2) is 7.01. The van der Waals surface area contributed by atoms with E-state index in [0.29, 0.717) is 11.5 Å². The Labute approximate surface area is 127 Å². The van der Waals surface area contributed by atoms with E-state index in [9.17, 15) is 0 Å². The molecule has 0 bridgehead atoms. The van der Waals surface area contributed by atoms with E-state index in [4.69, 9.17) is 9.47 Å². The fraction of sp³-hybridized carbons (Fsp3) is 0.125. The van der Waals surface area contributed by atoms with E-state index in [1.165, 1.54) is 0 Å². The molecule has 0 unspecified atom stereocenters. The molecule has 0 atom stereocenters.